The standard InChI is InChI=1S/C22H19ClN2O4/c1-28-21-10-9-15(11-17(21)23)20(26)13-29-22(27)19-12-18(14-7-8-14)24-25(19)16-5-3-2-4-6-16/h2-6,9-12,14H,7-8,13H2,1H3. The van der Waals surface area contributed by atoms with E-state index in [4.69, 9.17) is 21.1 Å². The molecule has 1 aliphatic rings. The van der Waals surface area contributed by atoms with Crippen molar-refractivity contribution in [3.05, 3.63) is 76.6 Å². The maximum atomic E-state index is 12.7. The fraction of sp³-hybridized carbons (Fsp3) is 0.227. The Kier molecular flexibility index (Phi) is 5.36. The zero-order valence-electron chi connectivity index (χ0n) is 15.8. The molecule has 0 saturated heterocycles. The number of ether oxygens (including phenoxy) is 2. The first-order valence-electron chi connectivity index (χ1n) is 9.26. The summed E-state index contributed by atoms with van der Waals surface area (Å²) in [7, 11) is 1.50. The molecule has 4 rings (SSSR count). The Morgan fingerprint density at radius 3 is 2.55 bits per heavy atom. The number of esters is 1. The average molecular weight is 411 g/mol. The van der Waals surface area contributed by atoms with Crippen LogP contribution in [0.4, 0.5) is 0 Å². The number of para-hydroxylation sites is 1. The van der Waals surface area contributed by atoms with E-state index in [-0.39, 0.29) is 12.4 Å². The summed E-state index contributed by atoms with van der Waals surface area (Å²) in [6.45, 7) is -0.389. The van der Waals surface area contributed by atoms with Gasteiger partial charge in [-0.1, -0.05) is 29.8 Å². The lowest BCUT2D eigenvalue weighted by atomic mass is 10.1. The van der Waals surface area contributed by atoms with E-state index in [1.54, 1.807) is 22.9 Å². The largest absolute Gasteiger partial charge is 0.495 e. The predicted octanol–water partition coefficient (Wildman–Crippen LogP) is 4.45. The average Bonchev–Trinajstić information content (AvgIpc) is 3.50. The van der Waals surface area contributed by atoms with Crippen LogP contribution in [-0.4, -0.2) is 35.2 Å². The van der Waals surface area contributed by atoms with Crippen LogP contribution >= 0.6 is 11.6 Å². The number of benzene rings is 2. The number of carbonyl (C=O) groups is 2. The van der Waals surface area contributed by atoms with E-state index < -0.39 is 5.97 Å². The molecule has 0 amide bonds. The van der Waals surface area contributed by atoms with E-state index in [0.29, 0.717) is 27.9 Å². The van der Waals surface area contributed by atoms with Gasteiger partial charge >= 0.3 is 5.97 Å². The van der Waals surface area contributed by atoms with Crippen molar-refractivity contribution in [2.45, 2.75) is 18.8 Å². The summed E-state index contributed by atoms with van der Waals surface area (Å²) in [5.74, 6) is -0.0912. The highest BCUT2D eigenvalue weighted by molar-refractivity contribution is 6.32. The highest BCUT2D eigenvalue weighted by Crippen LogP contribution is 2.39. The second-order valence-corrected chi connectivity index (χ2v) is 7.23. The fourth-order valence-corrected chi connectivity index (χ4v) is 3.28. The van der Waals surface area contributed by atoms with Gasteiger partial charge in [-0.05, 0) is 49.2 Å². The molecule has 148 valence electrons. The van der Waals surface area contributed by atoms with E-state index in [9.17, 15) is 9.59 Å². The third kappa shape index (κ3) is 4.17. The van der Waals surface area contributed by atoms with Crippen molar-refractivity contribution in [3.63, 3.8) is 0 Å². The van der Waals surface area contributed by atoms with Crippen molar-refractivity contribution in [1.29, 1.82) is 0 Å². The van der Waals surface area contributed by atoms with Gasteiger partial charge < -0.3 is 9.47 Å². The minimum absolute atomic E-state index is 0.304. The molecule has 7 heteroatoms. The number of halogens is 1. The van der Waals surface area contributed by atoms with Crippen molar-refractivity contribution in [2.75, 3.05) is 13.7 Å². The second kappa shape index (κ2) is 8.09. The van der Waals surface area contributed by atoms with Crippen LogP contribution in [0.25, 0.3) is 5.69 Å². The van der Waals surface area contributed by atoms with Crippen molar-refractivity contribution in [2.24, 2.45) is 0 Å². The van der Waals surface area contributed by atoms with E-state index >= 15 is 0 Å². The van der Waals surface area contributed by atoms with Gasteiger partial charge in [0.2, 0.25) is 0 Å². The Labute approximate surface area is 173 Å². The van der Waals surface area contributed by atoms with Crippen LogP contribution in [0.5, 0.6) is 5.75 Å². The number of nitrogens with zero attached hydrogens (tertiary/aromatic N) is 2. The first-order chi connectivity index (χ1) is 14.1. The number of hydrogen-bond donors (Lipinski definition) is 0. The molecule has 1 aliphatic carbocycles. The zero-order valence-corrected chi connectivity index (χ0v) is 16.6. The van der Waals surface area contributed by atoms with Crippen molar-refractivity contribution < 1.29 is 19.1 Å². The van der Waals surface area contributed by atoms with Crippen LogP contribution in [-0.2, 0) is 4.74 Å². The van der Waals surface area contributed by atoms with Crippen molar-refractivity contribution in [1.82, 2.24) is 9.78 Å². The quantitative estimate of drug-likeness (QED) is 0.425. The van der Waals surface area contributed by atoms with Crippen LogP contribution in [0.1, 0.15) is 45.3 Å². The molecule has 0 atom stereocenters. The molecule has 1 heterocycles. The van der Waals surface area contributed by atoms with Crippen molar-refractivity contribution in [3.8, 4) is 11.4 Å². The molecule has 1 saturated carbocycles. The van der Waals surface area contributed by atoms with Crippen LogP contribution < -0.4 is 4.74 Å². The lowest BCUT2D eigenvalue weighted by Gasteiger charge is -2.08. The minimum Gasteiger partial charge on any atom is -0.495 e. The van der Waals surface area contributed by atoms with E-state index in [0.717, 1.165) is 24.2 Å². The Balaban J connectivity index is 1.51. The summed E-state index contributed by atoms with van der Waals surface area (Å²) in [6, 6.07) is 15.8. The van der Waals surface area contributed by atoms with Gasteiger partial charge in [0.25, 0.3) is 0 Å². The Morgan fingerprint density at radius 2 is 1.90 bits per heavy atom. The monoisotopic (exact) mass is 410 g/mol. The molecule has 1 aromatic heterocycles. The fourth-order valence-electron chi connectivity index (χ4n) is 3.02. The number of Topliss-reactive ketones (excluding diaryl/α,β-unsaturated/α-hetero) is 1. The summed E-state index contributed by atoms with van der Waals surface area (Å²) >= 11 is 6.06. The van der Waals surface area contributed by atoms with Gasteiger partial charge in [-0.25, -0.2) is 9.48 Å². The molecule has 0 N–H and O–H groups in total. The summed E-state index contributed by atoms with van der Waals surface area (Å²) in [6.07, 6.45) is 2.13. The molecule has 0 bridgehead atoms. The molecule has 3 aromatic rings. The number of hydrogen-bond acceptors (Lipinski definition) is 5. The molecule has 29 heavy (non-hydrogen) atoms. The van der Waals surface area contributed by atoms with E-state index in [1.807, 2.05) is 30.3 Å². The molecule has 6 nitrogen and oxygen atoms in total. The lowest BCUT2D eigenvalue weighted by molar-refractivity contribution is 0.0465. The minimum atomic E-state index is -0.596. The topological polar surface area (TPSA) is 70.4 Å². The first kappa shape index (κ1) is 19.2. The number of carbonyl (C=O) groups excluding carboxylic acids is 2. The van der Waals surface area contributed by atoms with Crippen molar-refractivity contribution >= 4 is 23.4 Å². The molecule has 0 radical (unpaired) electrons. The SMILES string of the molecule is COc1ccc(C(=O)COC(=O)c2cc(C3CC3)nn2-c2ccccc2)cc1Cl. The summed E-state index contributed by atoms with van der Waals surface area (Å²) in [5, 5.41) is 4.90. The van der Waals surface area contributed by atoms with Gasteiger partial charge in [0, 0.05) is 11.5 Å². The number of ketones is 1. The zero-order chi connectivity index (χ0) is 20.4. The number of methoxy groups -OCH3 is 1. The van der Waals surface area contributed by atoms with Crippen LogP contribution in [0.3, 0.4) is 0 Å². The van der Waals surface area contributed by atoms with Crippen LogP contribution in [0.15, 0.2) is 54.6 Å². The Morgan fingerprint density at radius 1 is 1.14 bits per heavy atom. The third-order valence-electron chi connectivity index (χ3n) is 4.74. The molecule has 0 aliphatic heterocycles. The van der Waals surface area contributed by atoms with Gasteiger partial charge in [-0.3, -0.25) is 4.79 Å². The van der Waals surface area contributed by atoms with Gasteiger partial charge in [0.05, 0.1) is 23.5 Å². The summed E-state index contributed by atoms with van der Waals surface area (Å²) in [4.78, 5) is 25.1. The van der Waals surface area contributed by atoms with Gasteiger partial charge in [0.15, 0.2) is 18.1 Å². The maximum Gasteiger partial charge on any atom is 0.357 e. The summed E-state index contributed by atoms with van der Waals surface area (Å²) in [5.41, 5.74) is 2.28. The highest BCUT2D eigenvalue weighted by Gasteiger charge is 2.29. The highest BCUT2D eigenvalue weighted by atomic mass is 35.5. The molecular formula is C22H19ClN2O4. The molecule has 2 aromatic carbocycles. The number of rotatable bonds is 7. The number of aromatic nitrogens is 2. The van der Waals surface area contributed by atoms with Crippen LogP contribution in [0.2, 0.25) is 5.02 Å². The van der Waals surface area contributed by atoms with Gasteiger partial charge in [-0.2, -0.15) is 5.10 Å². The second-order valence-electron chi connectivity index (χ2n) is 6.82. The summed E-state index contributed by atoms with van der Waals surface area (Å²) < 4.78 is 11.9. The third-order valence-corrected chi connectivity index (χ3v) is 5.04. The lowest BCUT2D eigenvalue weighted by Crippen LogP contribution is -2.17. The molecule has 1 fully saturated rings. The van der Waals surface area contributed by atoms with E-state index in [1.165, 1.54) is 13.2 Å². The first-order valence-corrected chi connectivity index (χ1v) is 9.64. The normalized spacial score (nSPS) is 13.2. The Hall–Kier alpha value is -3.12. The Bertz CT molecular complexity index is 1060. The van der Waals surface area contributed by atoms with E-state index in [2.05, 4.69) is 5.10 Å². The molecular weight excluding hydrogens is 392 g/mol. The molecule has 0 spiro atoms. The van der Waals surface area contributed by atoms with Gasteiger partial charge in [-0.15, -0.1) is 0 Å². The molecule has 0 unspecified atom stereocenters. The van der Waals surface area contributed by atoms with Crippen LogP contribution in [0, 0.1) is 0 Å². The smallest absolute Gasteiger partial charge is 0.357 e. The maximum absolute atomic E-state index is 12.7. The van der Waals surface area contributed by atoms with Gasteiger partial charge in [0.1, 0.15) is 5.75 Å². The predicted molar refractivity (Wildman–Crippen MR) is 108 cm³/mol.